The van der Waals surface area contributed by atoms with Crippen molar-refractivity contribution in [3.05, 3.63) is 29.8 Å². The maximum atomic E-state index is 12.0. The summed E-state index contributed by atoms with van der Waals surface area (Å²) >= 11 is 0. The molecule has 0 aliphatic rings. The molecule has 1 rings (SSSR count). The molecule has 2 heteroatoms. The summed E-state index contributed by atoms with van der Waals surface area (Å²) in [6, 6.07) is 7.44. The predicted octanol–water partition coefficient (Wildman–Crippen LogP) is 3.31. The van der Waals surface area contributed by atoms with Crippen molar-refractivity contribution in [1.82, 2.24) is 0 Å². The molecule has 82 valence electrons. The second-order valence-corrected chi connectivity index (χ2v) is 3.60. The number of para-hydroxylation sites is 1. The number of rotatable bonds is 5. The van der Waals surface area contributed by atoms with Crippen LogP contribution in [0.1, 0.15) is 37.6 Å². The highest BCUT2D eigenvalue weighted by molar-refractivity contribution is 6.00. The van der Waals surface area contributed by atoms with Crippen LogP contribution in [0.5, 0.6) is 5.75 Å². The molecule has 0 saturated carbocycles. The number of Topliss-reactive ketones (excluding diaryl/α,β-unsaturated/α-hetero) is 1. The van der Waals surface area contributed by atoms with E-state index < -0.39 is 0 Å². The third-order valence-electron chi connectivity index (χ3n) is 2.51. The Kier molecular flexibility index (Phi) is 4.35. The zero-order valence-corrected chi connectivity index (χ0v) is 9.62. The van der Waals surface area contributed by atoms with Crippen molar-refractivity contribution in [3.63, 3.8) is 0 Å². The molecule has 0 aliphatic carbocycles. The van der Waals surface area contributed by atoms with Gasteiger partial charge in [-0.05, 0) is 25.5 Å². The summed E-state index contributed by atoms with van der Waals surface area (Å²) in [7, 11) is 0. The predicted molar refractivity (Wildman–Crippen MR) is 61.4 cm³/mol. The Morgan fingerprint density at radius 3 is 2.60 bits per heavy atom. The fraction of sp³-hybridized carbons (Fsp3) is 0.462. The molecule has 1 aromatic carbocycles. The van der Waals surface area contributed by atoms with E-state index in [0.29, 0.717) is 17.9 Å². The molecule has 0 amide bonds. The van der Waals surface area contributed by atoms with Crippen LogP contribution < -0.4 is 4.74 Å². The van der Waals surface area contributed by atoms with Crippen molar-refractivity contribution < 1.29 is 9.53 Å². The summed E-state index contributed by atoms with van der Waals surface area (Å²) < 4.78 is 5.43. The lowest BCUT2D eigenvalue weighted by molar-refractivity contribution is 0.0923. The third kappa shape index (κ3) is 2.82. The van der Waals surface area contributed by atoms with E-state index in [1.165, 1.54) is 0 Å². The van der Waals surface area contributed by atoms with Crippen LogP contribution in [0.3, 0.4) is 0 Å². The Hall–Kier alpha value is -1.31. The van der Waals surface area contributed by atoms with Gasteiger partial charge >= 0.3 is 0 Å². The molecule has 0 bridgehead atoms. The first-order valence-electron chi connectivity index (χ1n) is 5.46. The van der Waals surface area contributed by atoms with Crippen LogP contribution in [0.4, 0.5) is 0 Å². The second-order valence-electron chi connectivity index (χ2n) is 3.60. The molecule has 15 heavy (non-hydrogen) atoms. The number of carbonyl (C=O) groups excluding carboxylic acids is 1. The fourth-order valence-corrected chi connectivity index (χ4v) is 1.40. The van der Waals surface area contributed by atoms with Gasteiger partial charge in [-0.25, -0.2) is 0 Å². The van der Waals surface area contributed by atoms with Crippen LogP contribution in [-0.4, -0.2) is 12.4 Å². The summed E-state index contributed by atoms with van der Waals surface area (Å²) in [4.78, 5) is 12.0. The van der Waals surface area contributed by atoms with Gasteiger partial charge in [0.05, 0.1) is 12.2 Å². The smallest absolute Gasteiger partial charge is 0.169 e. The molecule has 0 fully saturated rings. The normalized spacial score (nSPS) is 12.2. The van der Waals surface area contributed by atoms with Crippen molar-refractivity contribution in [2.24, 2.45) is 5.92 Å². The summed E-state index contributed by atoms with van der Waals surface area (Å²) in [6.45, 7) is 6.48. The van der Waals surface area contributed by atoms with Gasteiger partial charge in [0.1, 0.15) is 5.75 Å². The van der Waals surface area contributed by atoms with Crippen molar-refractivity contribution in [2.45, 2.75) is 27.2 Å². The zero-order chi connectivity index (χ0) is 11.3. The van der Waals surface area contributed by atoms with Crippen molar-refractivity contribution in [2.75, 3.05) is 6.61 Å². The topological polar surface area (TPSA) is 26.3 Å². The highest BCUT2D eigenvalue weighted by Crippen LogP contribution is 2.22. The molecule has 0 heterocycles. The number of ether oxygens (including phenoxy) is 1. The van der Waals surface area contributed by atoms with Crippen molar-refractivity contribution in [1.29, 1.82) is 0 Å². The molecule has 0 saturated heterocycles. The van der Waals surface area contributed by atoms with Crippen LogP contribution in [0.25, 0.3) is 0 Å². The lowest BCUT2D eigenvalue weighted by Crippen LogP contribution is -2.12. The van der Waals surface area contributed by atoms with Crippen LogP contribution in [0.2, 0.25) is 0 Å². The Bertz CT molecular complexity index is 331. The van der Waals surface area contributed by atoms with Crippen molar-refractivity contribution >= 4 is 5.78 Å². The first-order valence-corrected chi connectivity index (χ1v) is 5.46. The summed E-state index contributed by atoms with van der Waals surface area (Å²) in [5, 5.41) is 0. The largest absolute Gasteiger partial charge is 0.493 e. The van der Waals surface area contributed by atoms with Gasteiger partial charge in [-0.2, -0.15) is 0 Å². The molecule has 0 N–H and O–H groups in total. The minimum Gasteiger partial charge on any atom is -0.493 e. The van der Waals surface area contributed by atoms with E-state index in [1.807, 2.05) is 45.0 Å². The van der Waals surface area contributed by atoms with Crippen molar-refractivity contribution in [3.8, 4) is 5.75 Å². The summed E-state index contributed by atoms with van der Waals surface area (Å²) in [5.74, 6) is 0.929. The summed E-state index contributed by atoms with van der Waals surface area (Å²) in [6.07, 6.45) is 0.860. The lowest BCUT2D eigenvalue weighted by atomic mass is 9.96. The number of ketones is 1. The van der Waals surface area contributed by atoms with Gasteiger partial charge in [0.2, 0.25) is 0 Å². The van der Waals surface area contributed by atoms with E-state index in [4.69, 9.17) is 4.74 Å². The van der Waals surface area contributed by atoms with Gasteiger partial charge in [-0.15, -0.1) is 0 Å². The highest BCUT2D eigenvalue weighted by Gasteiger charge is 2.16. The molecule has 0 spiro atoms. The molecular formula is C13H18O2. The van der Waals surface area contributed by atoms with Crippen LogP contribution >= 0.6 is 0 Å². The Morgan fingerprint density at radius 1 is 1.33 bits per heavy atom. The first kappa shape index (κ1) is 11.8. The van der Waals surface area contributed by atoms with Gasteiger partial charge in [0, 0.05) is 5.92 Å². The monoisotopic (exact) mass is 206 g/mol. The Labute approximate surface area is 91.3 Å². The fourth-order valence-electron chi connectivity index (χ4n) is 1.40. The van der Waals surface area contributed by atoms with Gasteiger partial charge in [0.25, 0.3) is 0 Å². The maximum Gasteiger partial charge on any atom is 0.169 e. The molecule has 0 aromatic heterocycles. The average molecular weight is 206 g/mol. The second kappa shape index (κ2) is 5.54. The Balaban J connectivity index is 2.96. The van der Waals surface area contributed by atoms with Crippen LogP contribution in [0, 0.1) is 5.92 Å². The molecule has 1 aromatic rings. The van der Waals surface area contributed by atoms with Crippen LogP contribution in [-0.2, 0) is 0 Å². The van der Waals surface area contributed by atoms with Gasteiger partial charge in [-0.1, -0.05) is 26.0 Å². The van der Waals surface area contributed by atoms with E-state index >= 15 is 0 Å². The van der Waals surface area contributed by atoms with E-state index in [0.717, 1.165) is 6.42 Å². The highest BCUT2D eigenvalue weighted by atomic mass is 16.5. The lowest BCUT2D eigenvalue weighted by Gasteiger charge is -2.12. The molecule has 1 atom stereocenters. The molecular weight excluding hydrogens is 188 g/mol. The number of benzene rings is 1. The van der Waals surface area contributed by atoms with Crippen LogP contribution in [0.15, 0.2) is 24.3 Å². The van der Waals surface area contributed by atoms with E-state index in [9.17, 15) is 4.79 Å². The maximum absolute atomic E-state index is 12.0. The summed E-state index contributed by atoms with van der Waals surface area (Å²) in [5.41, 5.74) is 0.703. The van der Waals surface area contributed by atoms with E-state index in [1.54, 1.807) is 0 Å². The molecule has 1 unspecified atom stereocenters. The molecule has 0 aliphatic heterocycles. The number of carbonyl (C=O) groups is 1. The third-order valence-corrected chi connectivity index (χ3v) is 2.51. The van der Waals surface area contributed by atoms with E-state index in [2.05, 4.69) is 0 Å². The number of hydrogen-bond acceptors (Lipinski definition) is 2. The average Bonchev–Trinajstić information content (AvgIpc) is 2.28. The van der Waals surface area contributed by atoms with E-state index in [-0.39, 0.29) is 11.7 Å². The quantitative estimate of drug-likeness (QED) is 0.691. The SMILES string of the molecule is CCOc1ccccc1C(=O)C(C)CC. The minimum absolute atomic E-state index is 0.0617. The van der Waals surface area contributed by atoms with Gasteiger partial charge in [0.15, 0.2) is 5.78 Å². The zero-order valence-electron chi connectivity index (χ0n) is 9.62. The molecule has 2 nitrogen and oxygen atoms in total. The minimum atomic E-state index is 0.0617. The Morgan fingerprint density at radius 2 is 2.00 bits per heavy atom. The van der Waals surface area contributed by atoms with Gasteiger partial charge < -0.3 is 4.74 Å². The van der Waals surface area contributed by atoms with Gasteiger partial charge in [-0.3, -0.25) is 4.79 Å². The number of hydrogen-bond donors (Lipinski definition) is 0. The first-order chi connectivity index (χ1) is 7.20. The molecule has 0 radical (unpaired) electrons. The standard InChI is InChI=1S/C13H18O2/c1-4-10(3)13(14)11-8-6-7-9-12(11)15-5-2/h6-10H,4-5H2,1-3H3.